The Morgan fingerprint density at radius 2 is 1.75 bits per heavy atom. The quantitative estimate of drug-likeness (QED) is 0.391. The summed E-state index contributed by atoms with van der Waals surface area (Å²) in [6.45, 7) is 7.19. The molecule has 3 aromatic carbocycles. The fourth-order valence-electron chi connectivity index (χ4n) is 5.12. The molecule has 0 bridgehead atoms. The number of carbonyl (C=O) groups is 1. The molecule has 0 atom stereocenters. The van der Waals surface area contributed by atoms with Crippen LogP contribution in [-0.4, -0.2) is 35.7 Å². The van der Waals surface area contributed by atoms with E-state index in [0.29, 0.717) is 6.54 Å². The van der Waals surface area contributed by atoms with Gasteiger partial charge < -0.3 is 19.5 Å². The normalized spacial score (nSPS) is 14.2. The van der Waals surface area contributed by atoms with Crippen LogP contribution >= 0.6 is 0 Å². The molecule has 1 aliphatic heterocycles. The summed E-state index contributed by atoms with van der Waals surface area (Å²) in [5.41, 5.74) is 7.01. The second kappa shape index (κ2) is 10.4. The fraction of sp³-hybridized carbons (Fsp3) is 0.333. The number of para-hydroxylation sites is 3. The summed E-state index contributed by atoms with van der Waals surface area (Å²) in [6, 6.07) is 22.8. The van der Waals surface area contributed by atoms with Crippen molar-refractivity contribution in [2.75, 3.05) is 25.1 Å². The molecule has 0 aliphatic carbocycles. The maximum atomic E-state index is 12.9. The highest BCUT2D eigenvalue weighted by Crippen LogP contribution is 2.29. The number of hydrogen-bond acceptors (Lipinski definition) is 4. The van der Waals surface area contributed by atoms with Crippen LogP contribution in [0.1, 0.15) is 35.1 Å². The number of benzene rings is 3. The number of piperidine rings is 1. The molecule has 186 valence electrons. The van der Waals surface area contributed by atoms with Gasteiger partial charge in [-0.05, 0) is 56.0 Å². The Labute approximate surface area is 212 Å². The number of amides is 1. The van der Waals surface area contributed by atoms with Crippen molar-refractivity contribution in [1.82, 2.24) is 14.9 Å². The fourth-order valence-corrected chi connectivity index (χ4v) is 5.12. The van der Waals surface area contributed by atoms with Crippen LogP contribution in [-0.2, 0) is 17.9 Å². The van der Waals surface area contributed by atoms with Crippen LogP contribution in [0.4, 0.5) is 5.95 Å². The Kier molecular flexibility index (Phi) is 6.94. The summed E-state index contributed by atoms with van der Waals surface area (Å²) in [5, 5.41) is 3.12. The largest absolute Gasteiger partial charge is 0.496 e. The van der Waals surface area contributed by atoms with Crippen molar-refractivity contribution in [3.8, 4) is 5.75 Å². The molecule has 5 rings (SSSR count). The van der Waals surface area contributed by atoms with Gasteiger partial charge in [0.1, 0.15) is 5.75 Å². The molecule has 1 aromatic heterocycles. The second-order valence-corrected chi connectivity index (χ2v) is 9.71. The third-order valence-corrected chi connectivity index (χ3v) is 7.26. The van der Waals surface area contributed by atoms with Gasteiger partial charge in [0, 0.05) is 31.1 Å². The van der Waals surface area contributed by atoms with Gasteiger partial charge in [0.25, 0.3) is 0 Å². The van der Waals surface area contributed by atoms with E-state index in [4.69, 9.17) is 9.72 Å². The minimum atomic E-state index is 0.00722. The van der Waals surface area contributed by atoms with Crippen molar-refractivity contribution < 1.29 is 9.53 Å². The lowest BCUT2D eigenvalue weighted by Gasteiger charge is -2.32. The second-order valence-electron chi connectivity index (χ2n) is 9.71. The lowest BCUT2D eigenvalue weighted by atomic mass is 9.96. The monoisotopic (exact) mass is 482 g/mol. The molecule has 0 spiro atoms. The number of aromatic nitrogens is 2. The zero-order valence-electron chi connectivity index (χ0n) is 21.3. The molecule has 0 unspecified atom stereocenters. The number of aryl methyl sites for hydroxylation is 2. The van der Waals surface area contributed by atoms with Crippen LogP contribution < -0.4 is 15.0 Å². The van der Waals surface area contributed by atoms with E-state index in [9.17, 15) is 4.79 Å². The average molecular weight is 483 g/mol. The van der Waals surface area contributed by atoms with Crippen LogP contribution in [0.3, 0.4) is 0 Å². The summed E-state index contributed by atoms with van der Waals surface area (Å²) < 4.78 is 7.74. The molecule has 1 N–H and O–H groups in total. The van der Waals surface area contributed by atoms with Gasteiger partial charge in [-0.3, -0.25) is 4.79 Å². The molecule has 0 radical (unpaired) electrons. The number of methoxy groups -OCH3 is 1. The zero-order chi connectivity index (χ0) is 25.1. The first kappa shape index (κ1) is 23.9. The number of ether oxygens (including phenoxy) is 1. The molecular formula is C30H34N4O2. The average Bonchev–Trinajstić information content (AvgIpc) is 3.28. The van der Waals surface area contributed by atoms with Crippen molar-refractivity contribution in [2.24, 2.45) is 5.92 Å². The maximum Gasteiger partial charge on any atom is 0.223 e. The number of hydrogen-bond donors (Lipinski definition) is 1. The Morgan fingerprint density at radius 3 is 2.56 bits per heavy atom. The van der Waals surface area contributed by atoms with Crippen molar-refractivity contribution in [3.63, 3.8) is 0 Å². The van der Waals surface area contributed by atoms with Gasteiger partial charge in [-0.25, -0.2) is 4.98 Å². The lowest BCUT2D eigenvalue weighted by Crippen LogP contribution is -2.41. The standard InChI is InChI=1S/C30H34N4O2/c1-21-12-13-22(2)25(18-21)20-34-27-10-6-5-9-26(27)32-30(34)33-16-14-23(15-17-33)29(35)31-19-24-8-4-7-11-28(24)36-3/h4-13,18,23H,14-17,19-20H2,1-3H3,(H,31,35). The topological polar surface area (TPSA) is 59.4 Å². The van der Waals surface area contributed by atoms with Crippen LogP contribution in [0, 0.1) is 19.8 Å². The number of carbonyl (C=O) groups excluding carboxylic acids is 1. The van der Waals surface area contributed by atoms with Crippen molar-refractivity contribution >= 4 is 22.9 Å². The summed E-state index contributed by atoms with van der Waals surface area (Å²) in [4.78, 5) is 20.3. The van der Waals surface area contributed by atoms with Crippen LogP contribution in [0.15, 0.2) is 66.7 Å². The lowest BCUT2D eigenvalue weighted by molar-refractivity contribution is -0.125. The first-order valence-electron chi connectivity index (χ1n) is 12.7. The van der Waals surface area contributed by atoms with Gasteiger partial charge in [0.15, 0.2) is 0 Å². The summed E-state index contributed by atoms with van der Waals surface area (Å²) in [5.74, 6) is 1.91. The van der Waals surface area contributed by atoms with E-state index in [-0.39, 0.29) is 11.8 Å². The number of anilines is 1. The molecular weight excluding hydrogens is 448 g/mol. The van der Waals surface area contributed by atoms with Gasteiger partial charge in [0.05, 0.1) is 24.7 Å². The Balaban J connectivity index is 1.30. The third kappa shape index (κ3) is 4.94. The SMILES string of the molecule is COc1ccccc1CNC(=O)C1CCN(c2nc3ccccc3n2Cc2cc(C)ccc2C)CC1. The molecule has 4 aromatic rings. The minimum Gasteiger partial charge on any atom is -0.496 e. The van der Waals surface area contributed by atoms with Gasteiger partial charge >= 0.3 is 0 Å². The number of fused-ring (bicyclic) bond motifs is 1. The predicted molar refractivity (Wildman–Crippen MR) is 145 cm³/mol. The van der Waals surface area contributed by atoms with E-state index in [0.717, 1.165) is 60.8 Å². The predicted octanol–water partition coefficient (Wildman–Crippen LogP) is 5.24. The molecule has 1 fully saturated rings. The summed E-state index contributed by atoms with van der Waals surface area (Å²) in [6.07, 6.45) is 1.62. The molecule has 1 aliphatic rings. The molecule has 2 heterocycles. The molecule has 6 heteroatoms. The molecule has 1 amide bonds. The number of imidazole rings is 1. The van der Waals surface area contributed by atoms with E-state index < -0.39 is 0 Å². The molecule has 6 nitrogen and oxygen atoms in total. The van der Waals surface area contributed by atoms with Crippen molar-refractivity contribution in [1.29, 1.82) is 0 Å². The Morgan fingerprint density at radius 1 is 1.00 bits per heavy atom. The highest BCUT2D eigenvalue weighted by Gasteiger charge is 2.28. The Bertz CT molecular complexity index is 1370. The van der Waals surface area contributed by atoms with Gasteiger partial charge in [-0.15, -0.1) is 0 Å². The van der Waals surface area contributed by atoms with E-state index in [1.807, 2.05) is 30.3 Å². The molecule has 0 saturated carbocycles. The van der Waals surface area contributed by atoms with Gasteiger partial charge in [-0.2, -0.15) is 0 Å². The van der Waals surface area contributed by atoms with E-state index in [2.05, 4.69) is 65.0 Å². The molecule has 36 heavy (non-hydrogen) atoms. The smallest absolute Gasteiger partial charge is 0.223 e. The Hall–Kier alpha value is -3.80. The van der Waals surface area contributed by atoms with Crippen molar-refractivity contribution in [2.45, 2.75) is 39.8 Å². The van der Waals surface area contributed by atoms with Crippen LogP contribution in [0.5, 0.6) is 5.75 Å². The van der Waals surface area contributed by atoms with E-state index >= 15 is 0 Å². The first-order valence-corrected chi connectivity index (χ1v) is 12.7. The number of rotatable bonds is 7. The summed E-state index contributed by atoms with van der Waals surface area (Å²) >= 11 is 0. The van der Waals surface area contributed by atoms with Gasteiger partial charge in [-0.1, -0.05) is 54.1 Å². The highest BCUT2D eigenvalue weighted by atomic mass is 16.5. The number of nitrogens with one attached hydrogen (secondary N) is 1. The minimum absolute atomic E-state index is 0.00722. The maximum absolute atomic E-state index is 12.9. The van der Waals surface area contributed by atoms with Gasteiger partial charge in [0.2, 0.25) is 11.9 Å². The molecule has 1 saturated heterocycles. The zero-order valence-corrected chi connectivity index (χ0v) is 21.3. The van der Waals surface area contributed by atoms with Crippen LogP contribution in [0.2, 0.25) is 0 Å². The number of nitrogens with zero attached hydrogens (tertiary/aromatic N) is 3. The highest BCUT2D eigenvalue weighted by molar-refractivity contribution is 5.80. The summed E-state index contributed by atoms with van der Waals surface area (Å²) in [7, 11) is 1.66. The van der Waals surface area contributed by atoms with E-state index in [1.54, 1.807) is 7.11 Å². The third-order valence-electron chi connectivity index (χ3n) is 7.26. The van der Waals surface area contributed by atoms with Crippen LogP contribution in [0.25, 0.3) is 11.0 Å². The van der Waals surface area contributed by atoms with Crippen molar-refractivity contribution in [3.05, 3.63) is 89.0 Å². The first-order chi connectivity index (χ1) is 17.5. The van der Waals surface area contributed by atoms with E-state index in [1.165, 1.54) is 16.7 Å².